The summed E-state index contributed by atoms with van der Waals surface area (Å²) in [6, 6.07) is 23.6. The third kappa shape index (κ3) is 4.35. The summed E-state index contributed by atoms with van der Waals surface area (Å²) in [6.45, 7) is 0. The van der Waals surface area contributed by atoms with Crippen molar-refractivity contribution in [1.29, 1.82) is 0 Å². The van der Waals surface area contributed by atoms with Gasteiger partial charge in [0.25, 0.3) is 5.91 Å². The molecule has 2 unspecified atom stereocenters. The number of nitrogens with zero attached hydrogens (tertiary/aromatic N) is 2. The van der Waals surface area contributed by atoms with E-state index in [1.165, 1.54) is 5.57 Å². The van der Waals surface area contributed by atoms with Crippen LogP contribution in [0.1, 0.15) is 46.8 Å². The molecule has 0 saturated heterocycles. The minimum atomic E-state index is -0.205. The number of rotatable bonds is 6. The van der Waals surface area contributed by atoms with Gasteiger partial charge in [-0.1, -0.05) is 60.7 Å². The molecule has 1 saturated carbocycles. The minimum absolute atomic E-state index is 0.127. The average molecular weight is 483 g/mol. The van der Waals surface area contributed by atoms with Gasteiger partial charge in [0.2, 0.25) is 5.75 Å². The van der Waals surface area contributed by atoms with E-state index in [2.05, 4.69) is 30.3 Å². The maximum atomic E-state index is 14.0. The van der Waals surface area contributed by atoms with Crippen LogP contribution in [0.2, 0.25) is 0 Å². The van der Waals surface area contributed by atoms with E-state index in [4.69, 9.17) is 19.3 Å². The van der Waals surface area contributed by atoms with Crippen molar-refractivity contribution in [2.45, 2.75) is 25.3 Å². The number of ether oxygens (including phenoxy) is 3. The topological polar surface area (TPSA) is 60.4 Å². The van der Waals surface area contributed by atoms with Crippen LogP contribution in [0.15, 0.2) is 83.5 Å². The molecule has 0 spiro atoms. The predicted octanol–water partition coefficient (Wildman–Crippen LogP) is 6.15. The van der Waals surface area contributed by atoms with Crippen molar-refractivity contribution in [3.05, 3.63) is 95.1 Å². The Kier molecular flexibility index (Phi) is 6.76. The summed E-state index contributed by atoms with van der Waals surface area (Å²) in [5.41, 5.74) is 4.84. The van der Waals surface area contributed by atoms with Crippen molar-refractivity contribution >= 4 is 17.7 Å². The van der Waals surface area contributed by atoms with Crippen molar-refractivity contribution in [3.63, 3.8) is 0 Å². The Balaban J connectivity index is 1.60. The standard InChI is InChI=1S/C30H30N2O4/c1-34-25-18-23(19-26(35-2)29(25)36-3)30(33)32-28(21-13-8-5-9-14-21)24-16-10-15-22(27(24)31-32)17-20-11-6-4-7-12-20/h4-9,11-14,17-19,24,28H,10,15-16H2,1-3H3. The Labute approximate surface area is 211 Å². The molecule has 0 aromatic heterocycles. The van der Waals surface area contributed by atoms with Gasteiger partial charge in [-0.25, -0.2) is 5.01 Å². The van der Waals surface area contributed by atoms with Gasteiger partial charge >= 0.3 is 0 Å². The number of carbonyl (C=O) groups is 1. The second kappa shape index (κ2) is 10.3. The molecule has 0 bridgehead atoms. The normalized spacial score (nSPS) is 20.0. The molecule has 6 nitrogen and oxygen atoms in total. The van der Waals surface area contributed by atoms with E-state index in [1.54, 1.807) is 38.5 Å². The molecule has 1 fully saturated rings. The fraction of sp³-hybridized carbons (Fsp3) is 0.267. The molecule has 1 amide bonds. The third-order valence-electron chi connectivity index (χ3n) is 6.90. The maximum Gasteiger partial charge on any atom is 0.274 e. The summed E-state index contributed by atoms with van der Waals surface area (Å²) in [4.78, 5) is 14.0. The molecule has 6 heteroatoms. The lowest BCUT2D eigenvalue weighted by atomic mass is 9.77. The van der Waals surface area contributed by atoms with Gasteiger partial charge in [0, 0.05) is 11.5 Å². The lowest BCUT2D eigenvalue weighted by Gasteiger charge is -2.29. The number of allylic oxidation sites excluding steroid dienone is 1. The van der Waals surface area contributed by atoms with Gasteiger partial charge < -0.3 is 14.2 Å². The van der Waals surface area contributed by atoms with Crippen LogP contribution in [-0.2, 0) is 0 Å². The van der Waals surface area contributed by atoms with Gasteiger partial charge in [-0.3, -0.25) is 4.79 Å². The Morgan fingerprint density at radius 2 is 1.56 bits per heavy atom. The van der Waals surface area contributed by atoms with Crippen LogP contribution < -0.4 is 14.2 Å². The fourth-order valence-electron chi connectivity index (χ4n) is 5.24. The van der Waals surface area contributed by atoms with E-state index in [0.717, 1.165) is 36.1 Å². The second-order valence-corrected chi connectivity index (χ2v) is 8.98. The molecule has 3 aromatic carbocycles. The van der Waals surface area contributed by atoms with Crippen molar-refractivity contribution in [3.8, 4) is 17.2 Å². The second-order valence-electron chi connectivity index (χ2n) is 8.98. The van der Waals surface area contributed by atoms with Crippen LogP contribution in [-0.4, -0.2) is 38.0 Å². The summed E-state index contributed by atoms with van der Waals surface area (Å²) in [5.74, 6) is 1.24. The van der Waals surface area contributed by atoms with E-state index < -0.39 is 0 Å². The number of benzene rings is 3. The number of amides is 1. The molecule has 3 aromatic rings. The first kappa shape index (κ1) is 23.7. The van der Waals surface area contributed by atoms with Gasteiger partial charge in [-0.05, 0) is 54.2 Å². The van der Waals surface area contributed by atoms with Crippen molar-refractivity contribution < 1.29 is 19.0 Å². The van der Waals surface area contributed by atoms with Crippen LogP contribution in [0, 0.1) is 5.92 Å². The highest BCUT2D eigenvalue weighted by Crippen LogP contribution is 2.46. The highest BCUT2D eigenvalue weighted by molar-refractivity contribution is 6.09. The van der Waals surface area contributed by atoms with Crippen LogP contribution in [0.5, 0.6) is 17.2 Å². The van der Waals surface area contributed by atoms with Crippen LogP contribution >= 0.6 is 0 Å². The highest BCUT2D eigenvalue weighted by atomic mass is 16.5. The maximum absolute atomic E-state index is 14.0. The molecular formula is C30H30N2O4. The van der Waals surface area contributed by atoms with Gasteiger partial charge in [0.1, 0.15) is 0 Å². The molecule has 36 heavy (non-hydrogen) atoms. The molecule has 0 radical (unpaired) electrons. The number of methoxy groups -OCH3 is 3. The molecule has 2 atom stereocenters. The highest BCUT2D eigenvalue weighted by Gasteiger charge is 2.44. The average Bonchev–Trinajstić information content (AvgIpc) is 3.33. The first-order valence-electron chi connectivity index (χ1n) is 12.2. The van der Waals surface area contributed by atoms with Gasteiger partial charge in [-0.2, -0.15) is 5.10 Å². The Bertz CT molecular complexity index is 1280. The van der Waals surface area contributed by atoms with Crippen LogP contribution in [0.4, 0.5) is 0 Å². The van der Waals surface area contributed by atoms with Crippen LogP contribution in [0.25, 0.3) is 6.08 Å². The largest absolute Gasteiger partial charge is 0.493 e. The minimum Gasteiger partial charge on any atom is -0.493 e. The van der Waals surface area contributed by atoms with Crippen molar-refractivity contribution in [1.82, 2.24) is 5.01 Å². The quantitative estimate of drug-likeness (QED) is 0.423. The molecule has 0 N–H and O–H groups in total. The number of hydrazone groups is 1. The first-order valence-corrected chi connectivity index (χ1v) is 12.2. The Hall–Kier alpha value is -4.06. The predicted molar refractivity (Wildman–Crippen MR) is 141 cm³/mol. The van der Waals surface area contributed by atoms with Crippen LogP contribution in [0.3, 0.4) is 0 Å². The molecule has 2 aliphatic rings. The van der Waals surface area contributed by atoms with Crippen molar-refractivity contribution in [2.75, 3.05) is 21.3 Å². The first-order chi connectivity index (χ1) is 17.6. The zero-order valence-corrected chi connectivity index (χ0v) is 20.8. The zero-order valence-electron chi connectivity index (χ0n) is 20.8. The van der Waals surface area contributed by atoms with Crippen molar-refractivity contribution in [2.24, 2.45) is 11.0 Å². The number of hydrogen-bond donors (Lipinski definition) is 0. The summed E-state index contributed by atoms with van der Waals surface area (Å²) in [6.07, 6.45) is 5.18. The molecule has 1 aliphatic heterocycles. The van der Waals surface area contributed by atoms with E-state index >= 15 is 0 Å². The fourth-order valence-corrected chi connectivity index (χ4v) is 5.24. The molecule has 5 rings (SSSR count). The van der Waals surface area contributed by atoms with Gasteiger partial charge in [0.05, 0.1) is 33.1 Å². The van der Waals surface area contributed by atoms with E-state index in [9.17, 15) is 4.79 Å². The lowest BCUT2D eigenvalue weighted by molar-refractivity contribution is 0.0680. The molecular weight excluding hydrogens is 452 g/mol. The Morgan fingerprint density at radius 1 is 0.917 bits per heavy atom. The summed E-state index contributed by atoms with van der Waals surface area (Å²) < 4.78 is 16.4. The van der Waals surface area contributed by atoms with E-state index in [1.807, 2.05) is 36.4 Å². The lowest BCUT2D eigenvalue weighted by Crippen LogP contribution is -2.32. The summed E-state index contributed by atoms with van der Waals surface area (Å²) in [7, 11) is 4.64. The number of hydrogen-bond acceptors (Lipinski definition) is 5. The van der Waals surface area contributed by atoms with Gasteiger partial charge in [0.15, 0.2) is 11.5 Å². The van der Waals surface area contributed by atoms with Gasteiger partial charge in [-0.15, -0.1) is 0 Å². The number of carbonyl (C=O) groups excluding carboxylic acids is 1. The Morgan fingerprint density at radius 3 is 2.17 bits per heavy atom. The summed E-state index contributed by atoms with van der Waals surface area (Å²) in [5, 5.41) is 6.65. The molecule has 1 heterocycles. The molecule has 184 valence electrons. The zero-order chi connectivity index (χ0) is 25.1. The SMILES string of the molecule is COc1cc(C(=O)N2N=C3C(=Cc4ccccc4)CCCC3C2c2ccccc2)cc(OC)c1OC. The summed E-state index contributed by atoms with van der Waals surface area (Å²) >= 11 is 0. The molecule has 1 aliphatic carbocycles. The van der Waals surface area contributed by atoms with E-state index in [0.29, 0.717) is 22.8 Å². The monoisotopic (exact) mass is 482 g/mol. The smallest absolute Gasteiger partial charge is 0.274 e. The van der Waals surface area contributed by atoms with E-state index in [-0.39, 0.29) is 17.9 Å². The number of fused-ring (bicyclic) bond motifs is 1. The third-order valence-corrected chi connectivity index (χ3v) is 6.90.